The SMILES string of the molecule is O=C(CSc1cccc(Br)c1)c1cccc2ccccc12. The summed E-state index contributed by atoms with van der Waals surface area (Å²) in [7, 11) is 0. The standard InChI is InChI=1S/C18H13BrOS/c19-14-7-4-8-15(11-14)21-12-18(20)17-10-3-6-13-5-1-2-9-16(13)17/h1-11H,12H2. The van der Waals surface area contributed by atoms with Crippen LogP contribution in [0.1, 0.15) is 10.4 Å². The fourth-order valence-corrected chi connectivity index (χ4v) is 3.64. The molecule has 0 radical (unpaired) electrons. The lowest BCUT2D eigenvalue weighted by molar-refractivity contribution is 0.102. The lowest BCUT2D eigenvalue weighted by Gasteiger charge is -2.06. The zero-order chi connectivity index (χ0) is 14.7. The fourth-order valence-electron chi connectivity index (χ4n) is 2.25. The highest BCUT2D eigenvalue weighted by Gasteiger charge is 2.10. The number of hydrogen-bond acceptors (Lipinski definition) is 2. The van der Waals surface area contributed by atoms with E-state index in [0.29, 0.717) is 5.75 Å². The van der Waals surface area contributed by atoms with Crippen molar-refractivity contribution in [1.82, 2.24) is 0 Å². The first kappa shape index (κ1) is 14.4. The molecule has 0 saturated carbocycles. The van der Waals surface area contributed by atoms with Gasteiger partial charge in [-0.05, 0) is 29.0 Å². The Morgan fingerprint density at radius 2 is 1.71 bits per heavy atom. The third-order valence-electron chi connectivity index (χ3n) is 3.26. The number of carbonyl (C=O) groups is 1. The van der Waals surface area contributed by atoms with E-state index in [-0.39, 0.29) is 5.78 Å². The zero-order valence-corrected chi connectivity index (χ0v) is 13.7. The van der Waals surface area contributed by atoms with Crippen LogP contribution in [0.3, 0.4) is 0 Å². The highest BCUT2D eigenvalue weighted by Crippen LogP contribution is 2.25. The van der Waals surface area contributed by atoms with Crippen LogP contribution in [-0.4, -0.2) is 11.5 Å². The summed E-state index contributed by atoms with van der Waals surface area (Å²) in [5.74, 6) is 0.613. The van der Waals surface area contributed by atoms with Crippen LogP contribution in [-0.2, 0) is 0 Å². The van der Waals surface area contributed by atoms with Crippen molar-refractivity contribution < 1.29 is 4.79 Å². The van der Waals surface area contributed by atoms with Crippen LogP contribution in [0.2, 0.25) is 0 Å². The molecule has 0 amide bonds. The molecule has 0 spiro atoms. The van der Waals surface area contributed by atoms with E-state index in [2.05, 4.69) is 15.9 Å². The number of rotatable bonds is 4. The van der Waals surface area contributed by atoms with Crippen molar-refractivity contribution >= 4 is 44.2 Å². The largest absolute Gasteiger partial charge is 0.293 e. The second-order valence-electron chi connectivity index (χ2n) is 4.70. The predicted octanol–water partition coefficient (Wildman–Crippen LogP) is 5.58. The second kappa shape index (κ2) is 6.46. The molecule has 0 aliphatic heterocycles. The van der Waals surface area contributed by atoms with Crippen LogP contribution in [0, 0.1) is 0 Å². The van der Waals surface area contributed by atoms with Crippen LogP contribution >= 0.6 is 27.7 Å². The topological polar surface area (TPSA) is 17.1 Å². The van der Waals surface area contributed by atoms with Gasteiger partial charge in [0, 0.05) is 14.9 Å². The number of benzene rings is 3. The van der Waals surface area contributed by atoms with Gasteiger partial charge in [0.2, 0.25) is 0 Å². The van der Waals surface area contributed by atoms with Gasteiger partial charge in [-0.3, -0.25) is 4.79 Å². The summed E-state index contributed by atoms with van der Waals surface area (Å²) in [6.07, 6.45) is 0. The third kappa shape index (κ3) is 3.36. The van der Waals surface area contributed by atoms with Gasteiger partial charge in [0.15, 0.2) is 5.78 Å². The van der Waals surface area contributed by atoms with Crippen LogP contribution < -0.4 is 0 Å². The van der Waals surface area contributed by atoms with Crippen molar-refractivity contribution in [3.05, 3.63) is 76.8 Å². The highest BCUT2D eigenvalue weighted by molar-refractivity contribution is 9.10. The van der Waals surface area contributed by atoms with Crippen molar-refractivity contribution in [2.24, 2.45) is 0 Å². The zero-order valence-electron chi connectivity index (χ0n) is 11.3. The van der Waals surface area contributed by atoms with Gasteiger partial charge in [0.25, 0.3) is 0 Å². The van der Waals surface area contributed by atoms with Crippen molar-refractivity contribution in [2.45, 2.75) is 4.90 Å². The van der Waals surface area contributed by atoms with Crippen molar-refractivity contribution in [1.29, 1.82) is 0 Å². The average Bonchev–Trinajstić information content (AvgIpc) is 2.52. The van der Waals surface area contributed by atoms with E-state index in [9.17, 15) is 4.79 Å². The molecule has 0 atom stereocenters. The van der Waals surface area contributed by atoms with Crippen molar-refractivity contribution in [3.8, 4) is 0 Å². The van der Waals surface area contributed by atoms with Crippen LogP contribution in [0.15, 0.2) is 76.1 Å². The lowest BCUT2D eigenvalue weighted by atomic mass is 10.0. The number of thioether (sulfide) groups is 1. The summed E-state index contributed by atoms with van der Waals surface area (Å²) in [6, 6.07) is 21.9. The van der Waals surface area contributed by atoms with E-state index in [1.807, 2.05) is 66.7 Å². The second-order valence-corrected chi connectivity index (χ2v) is 6.66. The number of Topliss-reactive ketones (excluding diaryl/α,β-unsaturated/α-hetero) is 1. The highest BCUT2D eigenvalue weighted by atomic mass is 79.9. The molecule has 0 aliphatic rings. The first-order chi connectivity index (χ1) is 10.2. The summed E-state index contributed by atoms with van der Waals surface area (Å²) in [4.78, 5) is 13.6. The van der Waals surface area contributed by atoms with Gasteiger partial charge in [-0.1, -0.05) is 64.5 Å². The molecule has 3 heteroatoms. The van der Waals surface area contributed by atoms with Crippen molar-refractivity contribution in [3.63, 3.8) is 0 Å². The third-order valence-corrected chi connectivity index (χ3v) is 4.74. The summed E-state index contributed by atoms with van der Waals surface area (Å²) in [5, 5.41) is 2.13. The van der Waals surface area contributed by atoms with E-state index in [1.165, 1.54) is 0 Å². The molecule has 0 saturated heterocycles. The Bertz CT molecular complexity index is 793. The van der Waals surface area contributed by atoms with Gasteiger partial charge in [-0.15, -0.1) is 11.8 Å². The van der Waals surface area contributed by atoms with E-state index >= 15 is 0 Å². The first-order valence-corrected chi connectivity index (χ1v) is 8.41. The molecule has 3 rings (SSSR count). The molecule has 1 nitrogen and oxygen atoms in total. The molecule has 0 aromatic heterocycles. The monoisotopic (exact) mass is 356 g/mol. The Hall–Kier alpha value is -1.58. The number of halogens is 1. The Balaban J connectivity index is 1.81. The van der Waals surface area contributed by atoms with Crippen LogP contribution in [0.25, 0.3) is 10.8 Å². The Morgan fingerprint density at radius 3 is 2.57 bits per heavy atom. The average molecular weight is 357 g/mol. The van der Waals surface area contributed by atoms with E-state index in [4.69, 9.17) is 0 Å². The number of fused-ring (bicyclic) bond motifs is 1. The molecule has 3 aromatic rings. The van der Waals surface area contributed by atoms with E-state index in [1.54, 1.807) is 11.8 Å². The van der Waals surface area contributed by atoms with E-state index in [0.717, 1.165) is 25.7 Å². The van der Waals surface area contributed by atoms with Gasteiger partial charge >= 0.3 is 0 Å². The molecular formula is C18H13BrOS. The summed E-state index contributed by atoms with van der Waals surface area (Å²) in [6.45, 7) is 0. The summed E-state index contributed by atoms with van der Waals surface area (Å²) < 4.78 is 1.03. The quantitative estimate of drug-likeness (QED) is 0.448. The Morgan fingerprint density at radius 1 is 0.952 bits per heavy atom. The molecule has 3 aromatic carbocycles. The molecule has 0 bridgehead atoms. The maximum Gasteiger partial charge on any atom is 0.173 e. The summed E-state index contributed by atoms with van der Waals surface area (Å²) >= 11 is 5.01. The minimum Gasteiger partial charge on any atom is -0.293 e. The molecular weight excluding hydrogens is 344 g/mol. The normalized spacial score (nSPS) is 10.7. The first-order valence-electron chi connectivity index (χ1n) is 6.63. The molecule has 0 aliphatic carbocycles. The molecule has 104 valence electrons. The Kier molecular flexibility index (Phi) is 4.42. The minimum absolute atomic E-state index is 0.164. The number of hydrogen-bond donors (Lipinski definition) is 0. The van der Waals surface area contributed by atoms with Gasteiger partial charge in [-0.25, -0.2) is 0 Å². The van der Waals surface area contributed by atoms with Gasteiger partial charge in [-0.2, -0.15) is 0 Å². The molecule has 0 fully saturated rings. The van der Waals surface area contributed by atoms with Gasteiger partial charge in [0.05, 0.1) is 5.75 Å². The fraction of sp³-hybridized carbons (Fsp3) is 0.0556. The molecule has 0 unspecified atom stereocenters. The molecule has 21 heavy (non-hydrogen) atoms. The molecule has 0 heterocycles. The number of ketones is 1. The predicted molar refractivity (Wildman–Crippen MR) is 93.1 cm³/mol. The van der Waals surface area contributed by atoms with Crippen LogP contribution in [0.5, 0.6) is 0 Å². The minimum atomic E-state index is 0.164. The molecule has 0 N–H and O–H groups in total. The summed E-state index contributed by atoms with van der Waals surface area (Å²) in [5.41, 5.74) is 0.801. The maximum atomic E-state index is 12.5. The van der Waals surface area contributed by atoms with Gasteiger partial charge < -0.3 is 0 Å². The van der Waals surface area contributed by atoms with Crippen molar-refractivity contribution in [2.75, 3.05) is 5.75 Å². The Labute approximate surface area is 136 Å². The lowest BCUT2D eigenvalue weighted by Crippen LogP contribution is -2.03. The van der Waals surface area contributed by atoms with E-state index < -0.39 is 0 Å². The maximum absolute atomic E-state index is 12.5. The van der Waals surface area contributed by atoms with Crippen LogP contribution in [0.4, 0.5) is 0 Å². The smallest absolute Gasteiger partial charge is 0.173 e. The number of carbonyl (C=O) groups excluding carboxylic acids is 1. The van der Waals surface area contributed by atoms with Gasteiger partial charge in [0.1, 0.15) is 0 Å².